The van der Waals surface area contributed by atoms with Crippen molar-refractivity contribution in [1.82, 2.24) is 4.90 Å². The van der Waals surface area contributed by atoms with E-state index in [4.69, 9.17) is 11.5 Å². The predicted octanol–water partition coefficient (Wildman–Crippen LogP) is 0.0837. The SMILES string of the molecule is CC(CCN)C(=O)N1CC(C(N)=O)CCC1C. The second kappa shape index (κ2) is 6.00. The average molecular weight is 241 g/mol. The summed E-state index contributed by atoms with van der Waals surface area (Å²) < 4.78 is 0. The number of likely N-dealkylation sites (tertiary alicyclic amines) is 1. The van der Waals surface area contributed by atoms with E-state index in [1.165, 1.54) is 0 Å². The fraction of sp³-hybridized carbons (Fsp3) is 0.833. The van der Waals surface area contributed by atoms with E-state index in [1.807, 2.05) is 13.8 Å². The quantitative estimate of drug-likeness (QED) is 0.730. The Morgan fingerprint density at radius 2 is 2.06 bits per heavy atom. The van der Waals surface area contributed by atoms with Crippen LogP contribution in [0.4, 0.5) is 0 Å². The van der Waals surface area contributed by atoms with Crippen molar-refractivity contribution in [2.45, 2.75) is 39.2 Å². The summed E-state index contributed by atoms with van der Waals surface area (Å²) in [7, 11) is 0. The summed E-state index contributed by atoms with van der Waals surface area (Å²) in [6.45, 7) is 4.87. The summed E-state index contributed by atoms with van der Waals surface area (Å²) in [6, 6.07) is 0.193. The number of rotatable bonds is 4. The average Bonchev–Trinajstić information content (AvgIpc) is 2.28. The van der Waals surface area contributed by atoms with Crippen molar-refractivity contribution in [1.29, 1.82) is 0 Å². The molecule has 0 aromatic carbocycles. The number of carbonyl (C=O) groups is 2. The predicted molar refractivity (Wildman–Crippen MR) is 65.9 cm³/mol. The second-order valence-electron chi connectivity index (χ2n) is 4.99. The molecule has 4 N–H and O–H groups in total. The van der Waals surface area contributed by atoms with E-state index in [9.17, 15) is 9.59 Å². The van der Waals surface area contributed by atoms with Crippen molar-refractivity contribution < 1.29 is 9.59 Å². The van der Waals surface area contributed by atoms with Crippen LogP contribution in [0.3, 0.4) is 0 Å². The van der Waals surface area contributed by atoms with E-state index in [1.54, 1.807) is 4.90 Å². The topological polar surface area (TPSA) is 89.4 Å². The molecule has 0 bridgehead atoms. The van der Waals surface area contributed by atoms with Gasteiger partial charge in [0.05, 0.1) is 5.92 Å². The van der Waals surface area contributed by atoms with Crippen molar-refractivity contribution in [3.05, 3.63) is 0 Å². The molecule has 0 spiro atoms. The zero-order chi connectivity index (χ0) is 13.0. The molecule has 1 aliphatic rings. The molecule has 1 rings (SSSR count). The lowest BCUT2D eigenvalue weighted by Crippen LogP contribution is -2.50. The summed E-state index contributed by atoms with van der Waals surface area (Å²) in [6.07, 6.45) is 2.31. The normalized spacial score (nSPS) is 26.6. The van der Waals surface area contributed by atoms with Gasteiger partial charge < -0.3 is 16.4 Å². The second-order valence-corrected chi connectivity index (χ2v) is 4.99. The number of nitrogens with two attached hydrogens (primary N) is 2. The summed E-state index contributed by atoms with van der Waals surface area (Å²) in [5, 5.41) is 0. The first-order valence-corrected chi connectivity index (χ1v) is 6.27. The van der Waals surface area contributed by atoms with Gasteiger partial charge in [0.2, 0.25) is 11.8 Å². The first kappa shape index (κ1) is 14.0. The first-order chi connectivity index (χ1) is 7.97. The monoisotopic (exact) mass is 241 g/mol. The first-order valence-electron chi connectivity index (χ1n) is 6.27. The molecule has 5 nitrogen and oxygen atoms in total. The van der Waals surface area contributed by atoms with Gasteiger partial charge in [0.25, 0.3) is 0 Å². The van der Waals surface area contributed by atoms with Crippen molar-refractivity contribution in [2.24, 2.45) is 23.3 Å². The standard InChI is InChI=1S/C12H23N3O2/c1-8(5-6-13)12(17)15-7-10(11(14)16)4-3-9(15)2/h8-10H,3-7,13H2,1-2H3,(H2,14,16). The van der Waals surface area contributed by atoms with Gasteiger partial charge in [-0.25, -0.2) is 0 Å². The minimum atomic E-state index is -0.304. The van der Waals surface area contributed by atoms with Crippen LogP contribution in [0.1, 0.15) is 33.1 Å². The lowest BCUT2D eigenvalue weighted by atomic mass is 9.91. The van der Waals surface area contributed by atoms with E-state index in [0.29, 0.717) is 19.5 Å². The third kappa shape index (κ3) is 3.43. The maximum Gasteiger partial charge on any atom is 0.225 e. The number of piperidine rings is 1. The van der Waals surface area contributed by atoms with Crippen LogP contribution in [0.2, 0.25) is 0 Å². The van der Waals surface area contributed by atoms with Crippen LogP contribution in [0.5, 0.6) is 0 Å². The van der Waals surface area contributed by atoms with Gasteiger partial charge in [-0.1, -0.05) is 6.92 Å². The zero-order valence-electron chi connectivity index (χ0n) is 10.7. The summed E-state index contributed by atoms with van der Waals surface area (Å²) in [5.74, 6) is -0.482. The maximum absolute atomic E-state index is 12.2. The molecule has 0 aromatic rings. The molecule has 0 aliphatic carbocycles. The number of carbonyl (C=O) groups excluding carboxylic acids is 2. The Kier molecular flexibility index (Phi) is 4.93. The molecule has 1 saturated heterocycles. The smallest absolute Gasteiger partial charge is 0.225 e. The molecular formula is C12H23N3O2. The number of hydrogen-bond donors (Lipinski definition) is 2. The summed E-state index contributed by atoms with van der Waals surface area (Å²) >= 11 is 0. The lowest BCUT2D eigenvalue weighted by molar-refractivity contribution is -0.141. The van der Waals surface area contributed by atoms with Crippen LogP contribution in [0, 0.1) is 11.8 Å². The van der Waals surface area contributed by atoms with Gasteiger partial charge >= 0.3 is 0 Å². The number of primary amides is 1. The van der Waals surface area contributed by atoms with Crippen molar-refractivity contribution in [2.75, 3.05) is 13.1 Å². The summed E-state index contributed by atoms with van der Waals surface area (Å²) in [4.78, 5) is 25.2. The Labute approximate surface area is 103 Å². The molecule has 5 heteroatoms. The number of hydrogen-bond acceptors (Lipinski definition) is 3. The van der Waals surface area contributed by atoms with Gasteiger partial charge in [-0.2, -0.15) is 0 Å². The molecule has 2 amide bonds. The lowest BCUT2D eigenvalue weighted by Gasteiger charge is -2.38. The Morgan fingerprint density at radius 3 is 2.59 bits per heavy atom. The number of amides is 2. The highest BCUT2D eigenvalue weighted by Gasteiger charge is 2.33. The van der Waals surface area contributed by atoms with Gasteiger partial charge in [0, 0.05) is 18.5 Å². The highest BCUT2D eigenvalue weighted by atomic mass is 16.2. The highest BCUT2D eigenvalue weighted by Crippen LogP contribution is 2.23. The minimum absolute atomic E-state index is 0.0749. The molecule has 1 aliphatic heterocycles. The van der Waals surface area contributed by atoms with E-state index in [-0.39, 0.29) is 29.7 Å². The van der Waals surface area contributed by atoms with E-state index in [0.717, 1.165) is 12.8 Å². The fourth-order valence-corrected chi connectivity index (χ4v) is 2.30. The van der Waals surface area contributed by atoms with Gasteiger partial charge in [0.15, 0.2) is 0 Å². The zero-order valence-corrected chi connectivity index (χ0v) is 10.7. The van der Waals surface area contributed by atoms with Crippen LogP contribution >= 0.6 is 0 Å². The molecule has 0 aromatic heterocycles. The Bertz CT molecular complexity index is 293. The Morgan fingerprint density at radius 1 is 1.41 bits per heavy atom. The third-order valence-corrected chi connectivity index (χ3v) is 3.59. The van der Waals surface area contributed by atoms with Crippen LogP contribution < -0.4 is 11.5 Å². The Hall–Kier alpha value is -1.10. The largest absolute Gasteiger partial charge is 0.369 e. The number of nitrogens with zero attached hydrogens (tertiary/aromatic N) is 1. The molecular weight excluding hydrogens is 218 g/mol. The van der Waals surface area contributed by atoms with Crippen molar-refractivity contribution >= 4 is 11.8 Å². The van der Waals surface area contributed by atoms with Gasteiger partial charge in [-0.15, -0.1) is 0 Å². The van der Waals surface area contributed by atoms with Crippen LogP contribution in [-0.2, 0) is 9.59 Å². The van der Waals surface area contributed by atoms with Crippen molar-refractivity contribution in [3.63, 3.8) is 0 Å². The van der Waals surface area contributed by atoms with Crippen molar-refractivity contribution in [3.8, 4) is 0 Å². The maximum atomic E-state index is 12.2. The van der Waals surface area contributed by atoms with Gasteiger partial charge in [-0.3, -0.25) is 9.59 Å². The van der Waals surface area contributed by atoms with Crippen LogP contribution in [-0.4, -0.2) is 35.8 Å². The van der Waals surface area contributed by atoms with E-state index < -0.39 is 0 Å². The van der Waals surface area contributed by atoms with Gasteiger partial charge in [-0.05, 0) is 32.7 Å². The molecule has 3 atom stereocenters. The van der Waals surface area contributed by atoms with E-state index >= 15 is 0 Å². The highest BCUT2D eigenvalue weighted by molar-refractivity contribution is 5.81. The summed E-state index contributed by atoms with van der Waals surface area (Å²) in [5.41, 5.74) is 10.8. The van der Waals surface area contributed by atoms with Gasteiger partial charge in [0.1, 0.15) is 0 Å². The molecule has 1 heterocycles. The molecule has 0 saturated carbocycles. The minimum Gasteiger partial charge on any atom is -0.369 e. The Balaban J connectivity index is 2.66. The van der Waals surface area contributed by atoms with Crippen LogP contribution in [0.15, 0.2) is 0 Å². The molecule has 17 heavy (non-hydrogen) atoms. The molecule has 0 radical (unpaired) electrons. The van der Waals surface area contributed by atoms with E-state index in [2.05, 4.69) is 0 Å². The third-order valence-electron chi connectivity index (χ3n) is 3.59. The molecule has 3 unspecified atom stereocenters. The molecule has 98 valence electrons. The fourth-order valence-electron chi connectivity index (χ4n) is 2.30. The van der Waals surface area contributed by atoms with Crippen LogP contribution in [0.25, 0.3) is 0 Å². The molecule has 1 fully saturated rings.